The van der Waals surface area contributed by atoms with Crippen LogP contribution in [0.1, 0.15) is 37.3 Å². The number of rotatable bonds is 4. The molecule has 6 nitrogen and oxygen atoms in total. The molecular formula is C21H25F3N6. The van der Waals surface area contributed by atoms with Crippen LogP contribution in [-0.2, 0) is 12.6 Å². The van der Waals surface area contributed by atoms with Crippen LogP contribution in [0.5, 0.6) is 0 Å². The Bertz CT molecular complexity index is 1030. The van der Waals surface area contributed by atoms with Crippen LogP contribution in [0.25, 0.3) is 11.0 Å². The van der Waals surface area contributed by atoms with E-state index in [-0.39, 0.29) is 17.8 Å². The minimum absolute atomic E-state index is 0.137. The lowest BCUT2D eigenvalue weighted by molar-refractivity contribution is -0.141. The molecule has 0 N–H and O–H groups in total. The average molecular weight is 418 g/mol. The molecule has 0 spiro atoms. The van der Waals surface area contributed by atoms with E-state index in [2.05, 4.69) is 27.5 Å². The molecule has 0 bridgehead atoms. The average Bonchev–Trinajstić information content (AvgIpc) is 3.11. The maximum Gasteiger partial charge on any atom is 0.433 e. The first-order chi connectivity index (χ1) is 14.3. The van der Waals surface area contributed by atoms with E-state index in [9.17, 15) is 13.2 Å². The van der Waals surface area contributed by atoms with Gasteiger partial charge >= 0.3 is 6.18 Å². The summed E-state index contributed by atoms with van der Waals surface area (Å²) in [4.78, 5) is 16.4. The number of para-hydroxylation sites is 2. The first-order valence-corrected chi connectivity index (χ1v) is 10.1. The molecule has 0 amide bonds. The molecule has 1 aliphatic rings. The molecule has 4 rings (SSSR count). The molecule has 0 unspecified atom stereocenters. The SMILES string of the molecule is CCc1nc2ccccc2n1C1CCN(c2nc(N(C)C)cc(C(F)(F)F)n2)CC1. The number of nitrogens with zero attached hydrogens (tertiary/aromatic N) is 6. The smallest absolute Gasteiger partial charge is 0.363 e. The van der Waals surface area contributed by atoms with Crippen LogP contribution >= 0.6 is 0 Å². The first kappa shape index (κ1) is 20.4. The van der Waals surface area contributed by atoms with E-state index in [4.69, 9.17) is 4.98 Å². The minimum Gasteiger partial charge on any atom is -0.363 e. The number of imidazole rings is 1. The largest absolute Gasteiger partial charge is 0.433 e. The van der Waals surface area contributed by atoms with Gasteiger partial charge in [0.05, 0.1) is 11.0 Å². The Kier molecular flexibility index (Phi) is 5.29. The van der Waals surface area contributed by atoms with E-state index in [1.54, 1.807) is 19.0 Å². The highest BCUT2D eigenvalue weighted by atomic mass is 19.4. The Morgan fingerprint density at radius 2 is 1.77 bits per heavy atom. The molecule has 1 fully saturated rings. The number of anilines is 2. The molecular weight excluding hydrogens is 393 g/mol. The van der Waals surface area contributed by atoms with Gasteiger partial charge in [-0.25, -0.2) is 9.97 Å². The number of alkyl halides is 3. The third-order valence-corrected chi connectivity index (χ3v) is 5.55. The quantitative estimate of drug-likeness (QED) is 0.632. The fourth-order valence-corrected chi connectivity index (χ4v) is 4.01. The maximum absolute atomic E-state index is 13.3. The summed E-state index contributed by atoms with van der Waals surface area (Å²) in [5, 5.41) is 0. The van der Waals surface area contributed by atoms with E-state index < -0.39 is 11.9 Å². The van der Waals surface area contributed by atoms with Gasteiger partial charge in [0.15, 0.2) is 5.69 Å². The molecule has 1 aromatic carbocycles. The number of halogens is 3. The highest BCUT2D eigenvalue weighted by Gasteiger charge is 2.35. The van der Waals surface area contributed by atoms with E-state index in [1.807, 2.05) is 23.1 Å². The predicted molar refractivity (Wildman–Crippen MR) is 111 cm³/mol. The molecule has 1 aliphatic heterocycles. The lowest BCUT2D eigenvalue weighted by Gasteiger charge is -2.34. The van der Waals surface area contributed by atoms with E-state index in [0.717, 1.165) is 42.2 Å². The summed E-state index contributed by atoms with van der Waals surface area (Å²) in [7, 11) is 3.35. The highest BCUT2D eigenvalue weighted by molar-refractivity contribution is 5.76. The zero-order valence-electron chi connectivity index (χ0n) is 17.3. The second kappa shape index (κ2) is 7.77. The zero-order chi connectivity index (χ0) is 21.5. The number of hydrogen-bond acceptors (Lipinski definition) is 5. The summed E-state index contributed by atoms with van der Waals surface area (Å²) < 4.78 is 42.3. The normalized spacial score (nSPS) is 15.7. The number of hydrogen-bond donors (Lipinski definition) is 0. The summed E-state index contributed by atoms with van der Waals surface area (Å²) in [5.41, 5.74) is 1.18. The van der Waals surface area contributed by atoms with Crippen molar-refractivity contribution in [2.75, 3.05) is 37.0 Å². The summed E-state index contributed by atoms with van der Waals surface area (Å²) in [6, 6.07) is 9.32. The lowest BCUT2D eigenvalue weighted by atomic mass is 10.0. The molecule has 160 valence electrons. The topological polar surface area (TPSA) is 50.1 Å². The van der Waals surface area contributed by atoms with Crippen molar-refractivity contribution < 1.29 is 13.2 Å². The second-order valence-electron chi connectivity index (χ2n) is 7.76. The number of aromatic nitrogens is 4. The van der Waals surface area contributed by atoms with Crippen molar-refractivity contribution in [2.45, 2.75) is 38.4 Å². The van der Waals surface area contributed by atoms with Crippen LogP contribution < -0.4 is 9.80 Å². The van der Waals surface area contributed by atoms with Crippen molar-refractivity contribution in [1.82, 2.24) is 19.5 Å². The van der Waals surface area contributed by atoms with Gasteiger partial charge in [-0.05, 0) is 25.0 Å². The second-order valence-corrected chi connectivity index (χ2v) is 7.76. The standard InChI is InChI=1S/C21H25F3N6/c1-4-18-25-15-7-5-6-8-16(15)30(18)14-9-11-29(12-10-14)20-26-17(21(22,23)24)13-19(27-20)28(2)3/h5-8,13-14H,4,9-12H2,1-3H3. The van der Waals surface area contributed by atoms with Gasteiger partial charge in [-0.3, -0.25) is 0 Å². The molecule has 0 saturated carbocycles. The van der Waals surface area contributed by atoms with Crippen LogP contribution in [-0.4, -0.2) is 46.7 Å². The fourth-order valence-electron chi connectivity index (χ4n) is 4.01. The van der Waals surface area contributed by atoms with Gasteiger partial charge in [-0.15, -0.1) is 0 Å². The Labute approximate surface area is 173 Å². The monoisotopic (exact) mass is 418 g/mol. The van der Waals surface area contributed by atoms with Gasteiger partial charge in [-0.2, -0.15) is 18.2 Å². The molecule has 3 heterocycles. The molecule has 3 aromatic rings. The van der Waals surface area contributed by atoms with Crippen LogP contribution in [0.4, 0.5) is 24.9 Å². The Morgan fingerprint density at radius 3 is 2.40 bits per heavy atom. The van der Waals surface area contributed by atoms with Gasteiger partial charge < -0.3 is 14.4 Å². The van der Waals surface area contributed by atoms with Crippen molar-refractivity contribution in [2.24, 2.45) is 0 Å². The Morgan fingerprint density at radius 1 is 1.07 bits per heavy atom. The first-order valence-electron chi connectivity index (χ1n) is 10.1. The Hall–Kier alpha value is -2.84. The predicted octanol–water partition coefficient (Wildman–Crippen LogP) is 4.32. The molecule has 9 heteroatoms. The van der Waals surface area contributed by atoms with Crippen molar-refractivity contribution >= 4 is 22.8 Å². The van der Waals surface area contributed by atoms with Crippen molar-refractivity contribution in [3.63, 3.8) is 0 Å². The fraction of sp³-hybridized carbons (Fsp3) is 0.476. The molecule has 30 heavy (non-hydrogen) atoms. The molecule has 2 aromatic heterocycles. The minimum atomic E-state index is -4.51. The van der Waals surface area contributed by atoms with Crippen molar-refractivity contribution in [1.29, 1.82) is 0 Å². The zero-order valence-corrected chi connectivity index (χ0v) is 17.3. The third kappa shape index (κ3) is 3.80. The number of benzene rings is 1. The van der Waals surface area contributed by atoms with Gasteiger partial charge in [0.2, 0.25) is 5.95 Å². The van der Waals surface area contributed by atoms with Crippen LogP contribution in [0.2, 0.25) is 0 Å². The molecule has 0 aliphatic carbocycles. The molecule has 0 radical (unpaired) electrons. The molecule has 0 atom stereocenters. The van der Waals surface area contributed by atoms with Crippen molar-refractivity contribution in [3.05, 3.63) is 41.9 Å². The summed E-state index contributed by atoms with van der Waals surface area (Å²) in [5.74, 6) is 1.43. The third-order valence-electron chi connectivity index (χ3n) is 5.55. The number of fused-ring (bicyclic) bond motifs is 1. The molecule has 1 saturated heterocycles. The van der Waals surface area contributed by atoms with E-state index in [0.29, 0.717) is 13.1 Å². The van der Waals surface area contributed by atoms with Crippen molar-refractivity contribution in [3.8, 4) is 0 Å². The summed E-state index contributed by atoms with van der Waals surface area (Å²) >= 11 is 0. The van der Waals surface area contributed by atoms with Crippen LogP contribution in [0.3, 0.4) is 0 Å². The highest BCUT2D eigenvalue weighted by Crippen LogP contribution is 2.33. The van der Waals surface area contributed by atoms with Gasteiger partial charge in [0, 0.05) is 45.7 Å². The number of piperidine rings is 1. The summed E-state index contributed by atoms with van der Waals surface area (Å²) in [6.45, 7) is 3.27. The lowest BCUT2D eigenvalue weighted by Crippen LogP contribution is -2.36. The van der Waals surface area contributed by atoms with E-state index in [1.165, 1.54) is 0 Å². The maximum atomic E-state index is 13.3. The Balaban J connectivity index is 1.59. The van der Waals surface area contributed by atoms with Gasteiger partial charge in [0.25, 0.3) is 0 Å². The van der Waals surface area contributed by atoms with Crippen LogP contribution in [0.15, 0.2) is 30.3 Å². The summed E-state index contributed by atoms with van der Waals surface area (Å²) in [6.07, 6.45) is -2.08. The van der Waals surface area contributed by atoms with E-state index >= 15 is 0 Å². The van der Waals surface area contributed by atoms with Gasteiger partial charge in [-0.1, -0.05) is 19.1 Å². The van der Waals surface area contributed by atoms with Crippen LogP contribution in [0, 0.1) is 0 Å². The van der Waals surface area contributed by atoms with Gasteiger partial charge in [0.1, 0.15) is 11.6 Å². The number of aryl methyl sites for hydroxylation is 1.